The number of carbonyl (C=O) groups excluding carboxylic acids is 2. The number of amides is 2. The van der Waals surface area contributed by atoms with Gasteiger partial charge >= 0.3 is 0 Å². The van der Waals surface area contributed by atoms with Crippen molar-refractivity contribution in [3.63, 3.8) is 0 Å². The quantitative estimate of drug-likeness (QED) is 0.553. The van der Waals surface area contributed by atoms with Crippen molar-refractivity contribution in [2.24, 2.45) is 5.73 Å². The average Bonchev–Trinajstić information content (AvgIpc) is 2.72. The van der Waals surface area contributed by atoms with Crippen LogP contribution in [0.15, 0.2) is 42.5 Å². The molecular weight excluding hydrogens is 378 g/mol. The number of nitrogens with two attached hydrogens (primary N) is 1. The summed E-state index contributed by atoms with van der Waals surface area (Å²) in [4.78, 5) is 26.6. The van der Waals surface area contributed by atoms with Gasteiger partial charge in [0.15, 0.2) is 0 Å². The highest BCUT2D eigenvalue weighted by molar-refractivity contribution is 5.89. The number of likely N-dealkylation sites (N-methyl/N-ethyl adjacent to an activating group) is 1. The van der Waals surface area contributed by atoms with Gasteiger partial charge in [-0.25, -0.2) is 0 Å². The van der Waals surface area contributed by atoms with E-state index in [1.54, 1.807) is 26.1 Å². The van der Waals surface area contributed by atoms with E-state index in [-0.39, 0.29) is 17.6 Å². The minimum Gasteiger partial charge on any atom is -0.508 e. The van der Waals surface area contributed by atoms with Crippen molar-refractivity contribution in [2.75, 3.05) is 13.6 Å². The number of nitrogens with one attached hydrogen (secondary N) is 1. The Hall–Kier alpha value is -2.86. The normalized spacial score (nSPS) is 12.8. The molecule has 2 amide bonds. The molecule has 1 unspecified atom stereocenters. The van der Waals surface area contributed by atoms with Crippen LogP contribution in [0.1, 0.15) is 35.6 Å². The van der Waals surface area contributed by atoms with Crippen LogP contribution in [0.3, 0.4) is 0 Å². The highest BCUT2D eigenvalue weighted by Crippen LogP contribution is 2.22. The molecule has 2 atom stereocenters. The minimum absolute atomic E-state index is 0.192. The number of hydrogen-bond acceptors (Lipinski definition) is 4. The molecule has 0 saturated carbocycles. The van der Waals surface area contributed by atoms with Crippen LogP contribution in [0.5, 0.6) is 5.75 Å². The fourth-order valence-corrected chi connectivity index (χ4v) is 3.52. The fraction of sp³-hybridized carbons (Fsp3) is 0.417. The van der Waals surface area contributed by atoms with E-state index in [0.29, 0.717) is 13.0 Å². The van der Waals surface area contributed by atoms with Crippen LogP contribution in [0.25, 0.3) is 0 Å². The fourth-order valence-electron chi connectivity index (χ4n) is 3.52. The molecule has 0 aliphatic rings. The third-order valence-electron chi connectivity index (χ3n) is 5.51. The van der Waals surface area contributed by atoms with Crippen LogP contribution >= 0.6 is 0 Å². The molecule has 0 heterocycles. The average molecular weight is 412 g/mol. The third kappa shape index (κ3) is 6.32. The molecule has 0 aliphatic heterocycles. The molecule has 2 rings (SSSR count). The number of carbonyl (C=O) groups is 2. The number of phenolic OH excluding ortho intramolecular Hbond substituents is 1. The molecule has 0 spiro atoms. The van der Waals surface area contributed by atoms with E-state index >= 15 is 0 Å². The summed E-state index contributed by atoms with van der Waals surface area (Å²) in [5.41, 5.74) is 10.1. The predicted molar refractivity (Wildman–Crippen MR) is 119 cm³/mol. The highest BCUT2D eigenvalue weighted by atomic mass is 16.3. The molecule has 6 heteroatoms. The highest BCUT2D eigenvalue weighted by Gasteiger charge is 2.27. The summed E-state index contributed by atoms with van der Waals surface area (Å²) >= 11 is 0. The largest absolute Gasteiger partial charge is 0.508 e. The molecule has 0 aliphatic carbocycles. The van der Waals surface area contributed by atoms with Crippen LogP contribution in [-0.2, 0) is 22.4 Å². The Kier molecular flexibility index (Phi) is 8.42. The lowest BCUT2D eigenvalue weighted by Gasteiger charge is -2.27. The molecule has 0 aromatic heterocycles. The molecule has 0 saturated heterocycles. The van der Waals surface area contributed by atoms with E-state index in [2.05, 4.69) is 17.4 Å². The first-order valence-electron chi connectivity index (χ1n) is 10.3. The second-order valence-corrected chi connectivity index (χ2v) is 7.87. The molecule has 2 aromatic rings. The molecule has 162 valence electrons. The molecule has 0 bridgehead atoms. The number of phenols is 1. The molecule has 2 aromatic carbocycles. The Morgan fingerprint density at radius 1 is 1.13 bits per heavy atom. The zero-order valence-electron chi connectivity index (χ0n) is 18.3. The van der Waals surface area contributed by atoms with Gasteiger partial charge in [0, 0.05) is 13.6 Å². The van der Waals surface area contributed by atoms with Crippen LogP contribution < -0.4 is 11.1 Å². The first kappa shape index (κ1) is 23.4. The molecule has 30 heavy (non-hydrogen) atoms. The number of aromatic hydroxyl groups is 1. The summed E-state index contributed by atoms with van der Waals surface area (Å²) in [5.74, 6) is -0.278. The lowest BCUT2D eigenvalue weighted by Crippen LogP contribution is -2.51. The molecular formula is C24H33N3O3. The van der Waals surface area contributed by atoms with E-state index in [9.17, 15) is 14.7 Å². The van der Waals surface area contributed by atoms with E-state index < -0.39 is 12.1 Å². The Morgan fingerprint density at radius 2 is 1.73 bits per heavy atom. The van der Waals surface area contributed by atoms with Gasteiger partial charge in [0.2, 0.25) is 11.8 Å². The summed E-state index contributed by atoms with van der Waals surface area (Å²) in [5, 5.41) is 12.6. The van der Waals surface area contributed by atoms with E-state index in [4.69, 9.17) is 5.73 Å². The minimum atomic E-state index is -0.759. The molecule has 4 N–H and O–H groups in total. The number of rotatable bonds is 9. The number of nitrogens with zero attached hydrogens (tertiary/aromatic N) is 1. The Bertz CT molecular complexity index is 844. The maximum absolute atomic E-state index is 12.8. The SMILES string of the molecule is Cc1cc(O)cc(C)c1CC(N)C(=O)N(C)[C@H](C)C(=O)NCCCc1ccccc1. The second-order valence-electron chi connectivity index (χ2n) is 7.87. The third-order valence-corrected chi connectivity index (χ3v) is 5.51. The van der Waals surface area contributed by atoms with Crippen molar-refractivity contribution in [1.29, 1.82) is 0 Å². The van der Waals surface area contributed by atoms with Crippen LogP contribution in [-0.4, -0.2) is 47.5 Å². The van der Waals surface area contributed by atoms with Gasteiger partial charge in [-0.05, 0) is 74.4 Å². The zero-order valence-corrected chi connectivity index (χ0v) is 18.3. The van der Waals surface area contributed by atoms with E-state index in [1.807, 2.05) is 32.0 Å². The Morgan fingerprint density at radius 3 is 2.33 bits per heavy atom. The van der Waals surface area contributed by atoms with Gasteiger partial charge in [0.1, 0.15) is 11.8 Å². The van der Waals surface area contributed by atoms with Crippen molar-refractivity contribution >= 4 is 11.8 Å². The number of hydrogen-bond donors (Lipinski definition) is 3. The Labute approximate surface area is 179 Å². The standard InChI is InChI=1S/C24H33N3O3/c1-16-13-20(28)14-17(2)21(16)15-22(25)24(30)27(4)18(3)23(29)26-12-8-11-19-9-6-5-7-10-19/h5-7,9-10,13-14,18,22,28H,8,11-12,15,25H2,1-4H3,(H,26,29)/t18-,22?/m1/s1. The van der Waals surface area contributed by atoms with Gasteiger partial charge in [-0.1, -0.05) is 30.3 Å². The van der Waals surface area contributed by atoms with Gasteiger partial charge in [-0.2, -0.15) is 0 Å². The van der Waals surface area contributed by atoms with Crippen molar-refractivity contribution in [1.82, 2.24) is 10.2 Å². The lowest BCUT2D eigenvalue weighted by atomic mass is 9.95. The van der Waals surface area contributed by atoms with Crippen LogP contribution in [0, 0.1) is 13.8 Å². The summed E-state index contributed by atoms with van der Waals surface area (Å²) in [6, 6.07) is 12.1. The van der Waals surface area contributed by atoms with Gasteiger partial charge in [-0.3, -0.25) is 9.59 Å². The topological polar surface area (TPSA) is 95.7 Å². The predicted octanol–water partition coefficient (Wildman–Crippen LogP) is 2.47. The van der Waals surface area contributed by atoms with Gasteiger partial charge in [0.25, 0.3) is 0 Å². The monoisotopic (exact) mass is 411 g/mol. The van der Waals surface area contributed by atoms with Crippen molar-refractivity contribution in [3.05, 3.63) is 64.7 Å². The van der Waals surface area contributed by atoms with Gasteiger partial charge < -0.3 is 21.1 Å². The number of aryl methyl sites for hydroxylation is 3. The first-order valence-corrected chi connectivity index (χ1v) is 10.3. The zero-order chi connectivity index (χ0) is 22.3. The Balaban J connectivity index is 1.85. The van der Waals surface area contributed by atoms with E-state index in [0.717, 1.165) is 29.5 Å². The summed E-state index contributed by atoms with van der Waals surface area (Å²) < 4.78 is 0. The maximum atomic E-state index is 12.8. The van der Waals surface area contributed by atoms with Gasteiger partial charge in [-0.15, -0.1) is 0 Å². The maximum Gasteiger partial charge on any atom is 0.242 e. The van der Waals surface area contributed by atoms with Crippen LogP contribution in [0.2, 0.25) is 0 Å². The summed E-state index contributed by atoms with van der Waals surface area (Å²) in [7, 11) is 1.60. The van der Waals surface area contributed by atoms with Crippen LogP contribution in [0.4, 0.5) is 0 Å². The smallest absolute Gasteiger partial charge is 0.242 e. The first-order chi connectivity index (χ1) is 14.2. The molecule has 6 nitrogen and oxygen atoms in total. The summed E-state index contributed by atoms with van der Waals surface area (Å²) in [6.45, 7) is 6.02. The second kappa shape index (κ2) is 10.8. The van der Waals surface area contributed by atoms with Gasteiger partial charge in [0.05, 0.1) is 6.04 Å². The molecule has 0 radical (unpaired) electrons. The van der Waals surface area contributed by atoms with Crippen molar-refractivity contribution < 1.29 is 14.7 Å². The molecule has 0 fully saturated rings. The lowest BCUT2D eigenvalue weighted by molar-refractivity contribution is -0.139. The summed E-state index contributed by atoms with van der Waals surface area (Å²) in [6.07, 6.45) is 2.08. The van der Waals surface area contributed by atoms with Crippen molar-refractivity contribution in [2.45, 2.75) is 52.1 Å². The number of benzene rings is 2. The van der Waals surface area contributed by atoms with Crippen molar-refractivity contribution in [3.8, 4) is 5.75 Å². The van der Waals surface area contributed by atoms with E-state index in [1.165, 1.54) is 10.5 Å².